The third kappa shape index (κ3) is 4.50. The minimum absolute atomic E-state index is 0.132. The Balaban J connectivity index is 2.41. The maximum absolute atomic E-state index is 11.5. The first-order chi connectivity index (χ1) is 11.3. The molecule has 25 heavy (non-hydrogen) atoms. The number of rotatable bonds is 3. The predicted molar refractivity (Wildman–Crippen MR) is 109 cm³/mol. The van der Waals surface area contributed by atoms with Crippen molar-refractivity contribution in [3.05, 3.63) is 46.7 Å². The van der Waals surface area contributed by atoms with Gasteiger partial charge in [-0.1, -0.05) is 58.4 Å². The van der Waals surface area contributed by atoms with Crippen LogP contribution in [0.1, 0.15) is 59.4 Å². The SMILES string of the molecule is CC1(C)CCC(O)(c2ccc(Cl)cc2)/C(=C/O[Si](C)(C)C(C)(C)C)C1. The molecule has 1 aromatic carbocycles. The Bertz CT molecular complexity index is 641. The number of halogens is 1. The van der Waals surface area contributed by atoms with Gasteiger partial charge in [0.05, 0.1) is 6.26 Å². The lowest BCUT2D eigenvalue weighted by molar-refractivity contribution is 0.0183. The van der Waals surface area contributed by atoms with Gasteiger partial charge in [-0.25, -0.2) is 0 Å². The zero-order chi connectivity index (χ0) is 19.1. The van der Waals surface area contributed by atoms with Crippen LogP contribution in [-0.4, -0.2) is 13.4 Å². The van der Waals surface area contributed by atoms with Crippen LogP contribution >= 0.6 is 11.6 Å². The van der Waals surface area contributed by atoms with Crippen molar-refractivity contribution in [2.24, 2.45) is 5.41 Å². The van der Waals surface area contributed by atoms with E-state index >= 15 is 0 Å². The highest BCUT2D eigenvalue weighted by Gasteiger charge is 2.44. The topological polar surface area (TPSA) is 29.5 Å². The van der Waals surface area contributed by atoms with Crippen LogP contribution in [0.5, 0.6) is 0 Å². The minimum Gasteiger partial charge on any atom is -0.549 e. The van der Waals surface area contributed by atoms with Crippen molar-refractivity contribution in [2.75, 3.05) is 0 Å². The summed E-state index contributed by atoms with van der Waals surface area (Å²) in [4.78, 5) is 0. The van der Waals surface area contributed by atoms with Crippen LogP contribution in [0.15, 0.2) is 36.1 Å². The van der Waals surface area contributed by atoms with E-state index < -0.39 is 13.9 Å². The van der Waals surface area contributed by atoms with Gasteiger partial charge in [0.25, 0.3) is 0 Å². The van der Waals surface area contributed by atoms with Gasteiger partial charge in [-0.05, 0) is 66.1 Å². The summed E-state index contributed by atoms with van der Waals surface area (Å²) in [5, 5.41) is 12.4. The van der Waals surface area contributed by atoms with Crippen molar-refractivity contribution < 1.29 is 9.53 Å². The lowest BCUT2D eigenvalue weighted by Crippen LogP contribution is -2.41. The predicted octanol–water partition coefficient (Wildman–Crippen LogP) is 6.64. The molecular formula is C21H33ClO2Si. The first kappa shape index (κ1) is 20.5. The van der Waals surface area contributed by atoms with Gasteiger partial charge in [-0.15, -0.1) is 0 Å². The molecule has 1 atom stereocenters. The second-order valence-corrected chi connectivity index (χ2v) is 14.9. The molecule has 1 N–H and O–H groups in total. The van der Waals surface area contributed by atoms with Crippen LogP contribution < -0.4 is 0 Å². The van der Waals surface area contributed by atoms with Crippen LogP contribution in [0, 0.1) is 5.41 Å². The first-order valence-electron chi connectivity index (χ1n) is 9.13. The van der Waals surface area contributed by atoms with E-state index in [1.807, 2.05) is 30.5 Å². The molecule has 1 aliphatic rings. The first-order valence-corrected chi connectivity index (χ1v) is 12.4. The van der Waals surface area contributed by atoms with Crippen molar-refractivity contribution in [3.8, 4) is 0 Å². The zero-order valence-corrected chi connectivity index (χ0v) is 18.5. The minimum atomic E-state index is -1.92. The van der Waals surface area contributed by atoms with Gasteiger partial charge < -0.3 is 9.53 Å². The van der Waals surface area contributed by atoms with Crippen LogP contribution in [0.3, 0.4) is 0 Å². The maximum Gasteiger partial charge on any atom is 0.249 e. The Kier molecular flexibility index (Phi) is 5.55. The molecule has 0 saturated heterocycles. The monoisotopic (exact) mass is 380 g/mol. The molecule has 2 nitrogen and oxygen atoms in total. The summed E-state index contributed by atoms with van der Waals surface area (Å²) in [5.41, 5.74) is 1.08. The summed E-state index contributed by atoms with van der Waals surface area (Å²) in [6.45, 7) is 15.7. The van der Waals surface area contributed by atoms with E-state index in [0.717, 1.165) is 24.0 Å². The molecule has 1 saturated carbocycles. The lowest BCUT2D eigenvalue weighted by Gasteiger charge is -2.43. The van der Waals surface area contributed by atoms with Gasteiger partial charge in [0.1, 0.15) is 5.60 Å². The van der Waals surface area contributed by atoms with E-state index in [9.17, 15) is 5.11 Å². The van der Waals surface area contributed by atoms with Gasteiger partial charge in [0, 0.05) is 5.02 Å². The highest BCUT2D eigenvalue weighted by molar-refractivity contribution is 6.74. The third-order valence-corrected chi connectivity index (χ3v) is 10.6. The summed E-state index contributed by atoms with van der Waals surface area (Å²) in [6.07, 6.45) is 4.39. The standard InChI is InChI=1S/C21H33ClO2Si/c1-19(2,3)25(6,7)24-15-17-14-20(4,5)12-13-21(17,23)16-8-10-18(22)11-9-16/h8-11,15,23H,12-14H2,1-7H3/b17-15+. The van der Waals surface area contributed by atoms with E-state index in [4.69, 9.17) is 16.0 Å². The Morgan fingerprint density at radius 3 is 2.20 bits per heavy atom. The summed E-state index contributed by atoms with van der Waals surface area (Å²) < 4.78 is 6.36. The van der Waals surface area contributed by atoms with Gasteiger partial charge in [0.2, 0.25) is 8.32 Å². The summed E-state index contributed by atoms with van der Waals surface area (Å²) in [5.74, 6) is 0. The molecule has 1 aliphatic carbocycles. The van der Waals surface area contributed by atoms with E-state index in [2.05, 4.69) is 47.7 Å². The van der Waals surface area contributed by atoms with Crippen LogP contribution in [-0.2, 0) is 10.0 Å². The highest BCUT2D eigenvalue weighted by atomic mass is 35.5. The van der Waals surface area contributed by atoms with E-state index in [-0.39, 0.29) is 10.5 Å². The van der Waals surface area contributed by atoms with Crippen molar-refractivity contribution >= 4 is 19.9 Å². The van der Waals surface area contributed by atoms with Gasteiger partial charge in [0.15, 0.2) is 0 Å². The fourth-order valence-corrected chi connectivity index (χ4v) is 3.94. The summed E-state index contributed by atoms with van der Waals surface area (Å²) in [7, 11) is -1.92. The number of hydrogen-bond acceptors (Lipinski definition) is 2. The fourth-order valence-electron chi connectivity index (χ4n) is 3.02. The molecule has 2 rings (SSSR count). The molecular weight excluding hydrogens is 348 g/mol. The quantitative estimate of drug-likeness (QED) is 0.470. The lowest BCUT2D eigenvalue weighted by atomic mass is 9.66. The van der Waals surface area contributed by atoms with Crippen LogP contribution in [0.4, 0.5) is 0 Å². The number of hydrogen-bond donors (Lipinski definition) is 1. The second kappa shape index (κ2) is 6.75. The number of aliphatic hydroxyl groups is 1. The largest absolute Gasteiger partial charge is 0.549 e. The molecule has 0 aliphatic heterocycles. The summed E-state index contributed by atoms with van der Waals surface area (Å²) >= 11 is 6.03. The molecule has 1 fully saturated rings. The van der Waals surface area contributed by atoms with E-state index in [0.29, 0.717) is 11.4 Å². The second-order valence-electron chi connectivity index (χ2n) is 9.73. The molecule has 0 heterocycles. The van der Waals surface area contributed by atoms with E-state index in [1.165, 1.54) is 0 Å². The van der Waals surface area contributed by atoms with E-state index in [1.54, 1.807) is 0 Å². The Morgan fingerprint density at radius 2 is 1.68 bits per heavy atom. The zero-order valence-electron chi connectivity index (χ0n) is 16.7. The maximum atomic E-state index is 11.5. The van der Waals surface area contributed by atoms with Crippen LogP contribution in [0.2, 0.25) is 23.2 Å². The molecule has 0 bridgehead atoms. The summed E-state index contributed by atoms with van der Waals surface area (Å²) in [6, 6.07) is 7.56. The van der Waals surface area contributed by atoms with Gasteiger partial charge >= 0.3 is 0 Å². The van der Waals surface area contributed by atoms with Crippen molar-refractivity contribution in [2.45, 2.75) is 77.6 Å². The molecule has 0 aromatic heterocycles. The Labute approximate surface area is 159 Å². The average Bonchev–Trinajstić information content (AvgIpc) is 2.48. The molecule has 0 spiro atoms. The number of benzene rings is 1. The molecule has 1 unspecified atom stereocenters. The molecule has 4 heteroatoms. The third-order valence-electron chi connectivity index (χ3n) is 5.99. The normalized spacial score (nSPS) is 25.9. The van der Waals surface area contributed by atoms with Crippen molar-refractivity contribution in [1.82, 2.24) is 0 Å². The molecule has 140 valence electrons. The average molecular weight is 381 g/mol. The fraction of sp³-hybridized carbons (Fsp3) is 0.619. The van der Waals surface area contributed by atoms with Gasteiger partial charge in [-0.3, -0.25) is 0 Å². The van der Waals surface area contributed by atoms with Crippen LogP contribution in [0.25, 0.3) is 0 Å². The molecule has 0 radical (unpaired) electrons. The van der Waals surface area contributed by atoms with Crippen molar-refractivity contribution in [3.63, 3.8) is 0 Å². The van der Waals surface area contributed by atoms with Crippen molar-refractivity contribution in [1.29, 1.82) is 0 Å². The molecule has 0 amide bonds. The van der Waals surface area contributed by atoms with Gasteiger partial charge in [-0.2, -0.15) is 0 Å². The Hall–Kier alpha value is -0.773. The smallest absolute Gasteiger partial charge is 0.249 e. The molecule has 1 aromatic rings. The highest BCUT2D eigenvalue weighted by Crippen LogP contribution is 2.49. The Morgan fingerprint density at radius 1 is 1.12 bits per heavy atom.